The fraction of sp³-hybridized carbons (Fsp3) is 0.400. The molecule has 0 spiro atoms. The molecule has 0 bridgehead atoms. The lowest BCUT2D eigenvalue weighted by molar-refractivity contribution is -0.136. The van der Waals surface area contributed by atoms with Gasteiger partial charge >= 0.3 is 6.18 Å². The molecule has 0 unspecified atom stereocenters. The smallest absolute Gasteiger partial charge is 0.318 e. The third-order valence-electron chi connectivity index (χ3n) is 3.33. The Bertz CT molecular complexity index is 721. The number of nitrogens with zero attached hydrogens (tertiary/aromatic N) is 1. The molecular formula is C15H16F3NO. The molecule has 0 N–H and O–H groups in total. The Hall–Kier alpha value is -1.78. The fourth-order valence-corrected chi connectivity index (χ4v) is 2.34. The number of hydrogen-bond acceptors (Lipinski definition) is 1. The van der Waals surface area contributed by atoms with Gasteiger partial charge in [-0.3, -0.25) is 4.79 Å². The molecule has 0 aliphatic heterocycles. The van der Waals surface area contributed by atoms with Crippen LogP contribution in [0.25, 0.3) is 10.8 Å². The number of hydrogen-bond donors (Lipinski definition) is 0. The summed E-state index contributed by atoms with van der Waals surface area (Å²) in [4.78, 5) is 12.1. The average molecular weight is 283 g/mol. The highest BCUT2D eigenvalue weighted by Crippen LogP contribution is 2.36. The van der Waals surface area contributed by atoms with Crippen LogP contribution in [0.1, 0.15) is 31.9 Å². The molecule has 0 atom stereocenters. The Morgan fingerprint density at radius 1 is 1.05 bits per heavy atom. The number of rotatable bonds is 0. The van der Waals surface area contributed by atoms with E-state index >= 15 is 0 Å². The Labute approximate surface area is 114 Å². The second-order valence-electron chi connectivity index (χ2n) is 5.93. The van der Waals surface area contributed by atoms with Crippen LogP contribution in [0.5, 0.6) is 0 Å². The van der Waals surface area contributed by atoms with Gasteiger partial charge < -0.3 is 4.57 Å². The predicted molar refractivity (Wildman–Crippen MR) is 72.9 cm³/mol. The van der Waals surface area contributed by atoms with Crippen molar-refractivity contribution >= 4 is 10.8 Å². The largest absolute Gasteiger partial charge is 0.417 e. The molecule has 0 saturated carbocycles. The van der Waals surface area contributed by atoms with E-state index in [0.29, 0.717) is 5.39 Å². The number of benzene rings is 1. The summed E-state index contributed by atoms with van der Waals surface area (Å²) in [5.74, 6) is 0. The minimum absolute atomic E-state index is 0.255. The van der Waals surface area contributed by atoms with Crippen LogP contribution < -0.4 is 5.56 Å². The molecule has 1 aromatic heterocycles. The summed E-state index contributed by atoms with van der Waals surface area (Å²) in [5.41, 5.74) is -1.13. The number of alkyl halides is 3. The molecule has 0 fully saturated rings. The minimum Gasteiger partial charge on any atom is -0.318 e. The van der Waals surface area contributed by atoms with Crippen molar-refractivity contribution in [2.45, 2.75) is 32.4 Å². The summed E-state index contributed by atoms with van der Waals surface area (Å²) < 4.78 is 40.5. The van der Waals surface area contributed by atoms with Crippen LogP contribution in [0.4, 0.5) is 13.2 Å². The molecule has 1 aromatic carbocycles. The van der Waals surface area contributed by atoms with Gasteiger partial charge in [-0.05, 0) is 22.4 Å². The van der Waals surface area contributed by atoms with Crippen molar-refractivity contribution in [1.82, 2.24) is 4.57 Å². The van der Waals surface area contributed by atoms with Gasteiger partial charge in [0, 0.05) is 13.2 Å². The Morgan fingerprint density at radius 2 is 1.65 bits per heavy atom. The second-order valence-corrected chi connectivity index (χ2v) is 5.93. The van der Waals surface area contributed by atoms with Gasteiger partial charge in [0.25, 0.3) is 5.56 Å². The molecule has 0 saturated heterocycles. The number of aryl methyl sites for hydroxylation is 1. The first-order valence-corrected chi connectivity index (χ1v) is 6.23. The van der Waals surface area contributed by atoms with Crippen LogP contribution in [-0.2, 0) is 18.6 Å². The summed E-state index contributed by atoms with van der Waals surface area (Å²) in [7, 11) is 1.48. The molecule has 0 amide bonds. The van der Waals surface area contributed by atoms with Crippen LogP contribution in [0.2, 0.25) is 0 Å². The summed E-state index contributed by atoms with van der Waals surface area (Å²) in [6.07, 6.45) is -2.92. The van der Waals surface area contributed by atoms with E-state index in [0.717, 1.165) is 11.6 Å². The average Bonchev–Trinajstić information content (AvgIpc) is 2.30. The third-order valence-corrected chi connectivity index (χ3v) is 3.33. The van der Waals surface area contributed by atoms with Crippen LogP contribution >= 0.6 is 0 Å². The van der Waals surface area contributed by atoms with Gasteiger partial charge in [-0.1, -0.05) is 32.9 Å². The minimum atomic E-state index is -4.54. The maximum Gasteiger partial charge on any atom is 0.417 e. The van der Waals surface area contributed by atoms with Crippen LogP contribution in [-0.4, -0.2) is 4.57 Å². The van der Waals surface area contributed by atoms with E-state index in [4.69, 9.17) is 0 Å². The standard InChI is InChI=1S/C15H16F3NO/c1-14(2,3)11-8-19(4)13(20)12-9(11)6-5-7-10(12)15(16,17)18/h5-8H,1-4H3. The van der Waals surface area contributed by atoms with Crippen molar-refractivity contribution in [2.24, 2.45) is 7.05 Å². The lowest BCUT2D eigenvalue weighted by Gasteiger charge is -2.23. The van der Waals surface area contributed by atoms with Crippen molar-refractivity contribution in [3.05, 3.63) is 45.9 Å². The van der Waals surface area contributed by atoms with Gasteiger partial charge in [0.15, 0.2) is 0 Å². The normalized spacial score (nSPS) is 12.9. The topological polar surface area (TPSA) is 22.0 Å². The van der Waals surface area contributed by atoms with Crippen LogP contribution in [0.15, 0.2) is 29.2 Å². The predicted octanol–water partition coefficient (Wildman–Crippen LogP) is 3.85. The Morgan fingerprint density at radius 3 is 2.15 bits per heavy atom. The molecule has 0 aliphatic rings. The van der Waals surface area contributed by atoms with E-state index in [9.17, 15) is 18.0 Å². The van der Waals surface area contributed by atoms with Gasteiger partial charge in [0.1, 0.15) is 0 Å². The maximum atomic E-state index is 13.1. The molecule has 0 radical (unpaired) electrons. The second kappa shape index (κ2) is 4.36. The van der Waals surface area contributed by atoms with Crippen molar-refractivity contribution in [3.8, 4) is 0 Å². The monoisotopic (exact) mass is 283 g/mol. The molecule has 5 heteroatoms. The zero-order valence-electron chi connectivity index (χ0n) is 11.8. The molecular weight excluding hydrogens is 267 g/mol. The van der Waals surface area contributed by atoms with E-state index in [-0.39, 0.29) is 10.8 Å². The first-order valence-electron chi connectivity index (χ1n) is 6.23. The zero-order valence-corrected chi connectivity index (χ0v) is 11.8. The summed E-state index contributed by atoms with van der Waals surface area (Å²) in [5, 5.41) is 0.116. The van der Waals surface area contributed by atoms with Gasteiger partial charge in [-0.2, -0.15) is 13.2 Å². The first-order chi connectivity index (χ1) is 9.03. The van der Waals surface area contributed by atoms with Crippen molar-refractivity contribution < 1.29 is 13.2 Å². The number of pyridine rings is 1. The Kier molecular flexibility index (Phi) is 3.19. The summed E-state index contributed by atoms with van der Waals surface area (Å²) in [6, 6.07) is 3.88. The number of fused-ring (bicyclic) bond motifs is 1. The van der Waals surface area contributed by atoms with Crippen molar-refractivity contribution in [3.63, 3.8) is 0 Å². The summed E-state index contributed by atoms with van der Waals surface area (Å²) >= 11 is 0. The van der Waals surface area contributed by atoms with E-state index in [2.05, 4.69) is 0 Å². The van der Waals surface area contributed by atoms with E-state index in [1.165, 1.54) is 17.7 Å². The van der Waals surface area contributed by atoms with Gasteiger partial charge in [0.2, 0.25) is 0 Å². The van der Waals surface area contributed by atoms with Gasteiger partial charge in [-0.15, -0.1) is 0 Å². The fourth-order valence-electron chi connectivity index (χ4n) is 2.34. The lowest BCUT2D eigenvalue weighted by Crippen LogP contribution is -2.24. The highest BCUT2D eigenvalue weighted by molar-refractivity contribution is 5.89. The number of halogens is 3. The quantitative estimate of drug-likeness (QED) is 0.719. The highest BCUT2D eigenvalue weighted by Gasteiger charge is 2.34. The SMILES string of the molecule is Cn1cc(C(C)(C)C)c2cccc(C(F)(F)F)c2c1=O. The number of aromatic nitrogens is 1. The van der Waals surface area contributed by atoms with Crippen LogP contribution in [0, 0.1) is 0 Å². The molecule has 2 aromatic rings. The molecule has 2 rings (SSSR count). The first kappa shape index (κ1) is 14.6. The molecule has 1 heterocycles. The van der Waals surface area contributed by atoms with Crippen LogP contribution in [0.3, 0.4) is 0 Å². The zero-order chi connectivity index (χ0) is 15.3. The molecule has 0 aliphatic carbocycles. The lowest BCUT2D eigenvalue weighted by atomic mass is 9.84. The summed E-state index contributed by atoms with van der Waals surface area (Å²) in [6.45, 7) is 5.73. The van der Waals surface area contributed by atoms with Gasteiger partial charge in [-0.25, -0.2) is 0 Å². The van der Waals surface area contributed by atoms with E-state index in [1.807, 2.05) is 20.8 Å². The van der Waals surface area contributed by atoms with Crippen molar-refractivity contribution in [1.29, 1.82) is 0 Å². The molecule has 2 nitrogen and oxygen atoms in total. The van der Waals surface area contributed by atoms with E-state index < -0.39 is 17.3 Å². The molecule has 20 heavy (non-hydrogen) atoms. The maximum absolute atomic E-state index is 13.1. The van der Waals surface area contributed by atoms with E-state index in [1.54, 1.807) is 12.3 Å². The van der Waals surface area contributed by atoms with Gasteiger partial charge in [0.05, 0.1) is 10.9 Å². The molecule has 108 valence electrons. The van der Waals surface area contributed by atoms with Crippen molar-refractivity contribution in [2.75, 3.05) is 0 Å². The Balaban J connectivity index is 3.05. The highest BCUT2D eigenvalue weighted by atomic mass is 19.4. The third kappa shape index (κ3) is 2.32.